The fourth-order valence-corrected chi connectivity index (χ4v) is 4.02. The molecule has 1 fully saturated rings. The summed E-state index contributed by atoms with van der Waals surface area (Å²) < 4.78 is 0. The Hall–Kier alpha value is -2.30. The number of nitrogens with zero attached hydrogens (tertiary/aromatic N) is 1. The summed E-state index contributed by atoms with van der Waals surface area (Å²) in [6.45, 7) is 1.97. The molecule has 0 bridgehead atoms. The Morgan fingerprint density at radius 1 is 0.846 bits per heavy atom. The van der Waals surface area contributed by atoms with Gasteiger partial charge in [-0.15, -0.1) is 0 Å². The Bertz CT molecular complexity index is 704. The van der Waals surface area contributed by atoms with Crippen molar-refractivity contribution in [2.24, 2.45) is 5.92 Å². The normalized spacial score (nSPS) is 25.2. The summed E-state index contributed by atoms with van der Waals surface area (Å²) in [6.07, 6.45) is 4.88. The zero-order chi connectivity index (χ0) is 18.7. The first-order chi connectivity index (χ1) is 12.5. The molecule has 1 aliphatic carbocycles. The molecule has 0 aromatic heterocycles. The van der Waals surface area contributed by atoms with Crippen molar-refractivity contribution in [1.29, 1.82) is 0 Å². The van der Waals surface area contributed by atoms with E-state index in [0.29, 0.717) is 30.4 Å². The molecule has 0 N–H and O–H groups in total. The highest BCUT2D eigenvalue weighted by Crippen LogP contribution is 2.29. The van der Waals surface area contributed by atoms with E-state index < -0.39 is 6.04 Å². The number of benzene rings is 1. The summed E-state index contributed by atoms with van der Waals surface area (Å²) in [5.74, 6) is -0.712. The summed E-state index contributed by atoms with van der Waals surface area (Å²) in [5.41, 5.74) is 0.752. The summed E-state index contributed by atoms with van der Waals surface area (Å²) in [6, 6.07) is 6.01. The van der Waals surface area contributed by atoms with Crippen LogP contribution >= 0.6 is 0 Å². The number of rotatable bonds is 2. The van der Waals surface area contributed by atoms with Crippen LogP contribution in [0.1, 0.15) is 79.0 Å². The van der Waals surface area contributed by atoms with Gasteiger partial charge in [-0.25, -0.2) is 0 Å². The minimum atomic E-state index is -0.715. The third kappa shape index (κ3) is 3.48. The lowest BCUT2D eigenvalue weighted by molar-refractivity contribution is -0.125. The van der Waals surface area contributed by atoms with Crippen LogP contribution in [0.2, 0.25) is 0 Å². The minimum absolute atomic E-state index is 0.0973. The van der Waals surface area contributed by atoms with E-state index >= 15 is 0 Å². The van der Waals surface area contributed by atoms with E-state index in [1.165, 1.54) is 0 Å². The number of Topliss-reactive ketones (excluding diaryl/α,β-unsaturated/α-hetero) is 2. The van der Waals surface area contributed by atoms with Crippen LogP contribution in [0, 0.1) is 5.92 Å². The second-order valence-electron chi connectivity index (χ2n) is 7.22. The van der Waals surface area contributed by atoms with Crippen LogP contribution in [-0.4, -0.2) is 34.3 Å². The van der Waals surface area contributed by atoms with Gasteiger partial charge in [0.05, 0.1) is 17.2 Å². The average Bonchev–Trinajstić information content (AvgIpc) is 2.88. The van der Waals surface area contributed by atoms with Crippen LogP contribution in [0.5, 0.6) is 0 Å². The quantitative estimate of drug-likeness (QED) is 0.761. The maximum atomic E-state index is 12.9. The number of amides is 2. The van der Waals surface area contributed by atoms with E-state index in [1.54, 1.807) is 24.3 Å². The van der Waals surface area contributed by atoms with E-state index in [9.17, 15) is 19.2 Å². The van der Waals surface area contributed by atoms with Crippen LogP contribution < -0.4 is 0 Å². The molecule has 0 spiro atoms. The Labute approximate surface area is 153 Å². The van der Waals surface area contributed by atoms with Crippen molar-refractivity contribution in [2.45, 2.75) is 64.3 Å². The zero-order valence-corrected chi connectivity index (χ0v) is 15.2. The molecular weight excluding hydrogens is 330 g/mol. The molecule has 2 unspecified atom stereocenters. The average molecular weight is 355 g/mol. The third-order valence-corrected chi connectivity index (χ3v) is 5.60. The van der Waals surface area contributed by atoms with Gasteiger partial charge in [-0.1, -0.05) is 31.9 Å². The Morgan fingerprint density at radius 2 is 1.50 bits per heavy atom. The predicted molar refractivity (Wildman–Crippen MR) is 96.8 cm³/mol. The lowest BCUT2D eigenvalue weighted by atomic mass is 9.91. The maximum absolute atomic E-state index is 12.9. The second-order valence-corrected chi connectivity index (χ2v) is 7.22. The number of imide groups is 1. The molecular formula is C21H25NO4. The summed E-state index contributed by atoms with van der Waals surface area (Å²) in [7, 11) is 0. The van der Waals surface area contributed by atoms with Gasteiger partial charge in [-0.2, -0.15) is 0 Å². The number of fused-ring (bicyclic) bond motifs is 1. The Balaban J connectivity index is 1.84. The highest BCUT2D eigenvalue weighted by Gasteiger charge is 2.42. The van der Waals surface area contributed by atoms with Gasteiger partial charge in [-0.05, 0) is 37.8 Å². The van der Waals surface area contributed by atoms with Gasteiger partial charge in [0.25, 0.3) is 11.8 Å². The van der Waals surface area contributed by atoms with Gasteiger partial charge < -0.3 is 0 Å². The first kappa shape index (κ1) is 18.5. The maximum Gasteiger partial charge on any atom is 0.262 e. The minimum Gasteiger partial charge on any atom is -0.299 e. The van der Waals surface area contributed by atoms with Crippen molar-refractivity contribution in [1.82, 2.24) is 4.90 Å². The van der Waals surface area contributed by atoms with Crippen molar-refractivity contribution in [3.05, 3.63) is 35.4 Å². The molecule has 5 heteroatoms. The molecule has 3 rings (SSSR count). The lowest BCUT2D eigenvalue weighted by Crippen LogP contribution is -2.45. The van der Waals surface area contributed by atoms with E-state index in [0.717, 1.165) is 30.6 Å². The molecule has 26 heavy (non-hydrogen) atoms. The molecule has 1 aromatic rings. The molecule has 1 heterocycles. The highest BCUT2D eigenvalue weighted by molar-refractivity contribution is 6.22. The van der Waals surface area contributed by atoms with E-state index in [1.807, 2.05) is 6.92 Å². The van der Waals surface area contributed by atoms with Crippen LogP contribution in [-0.2, 0) is 9.59 Å². The number of hydrogen-bond acceptors (Lipinski definition) is 4. The molecule has 1 aliphatic heterocycles. The van der Waals surface area contributed by atoms with Gasteiger partial charge in [0.1, 0.15) is 5.78 Å². The van der Waals surface area contributed by atoms with Gasteiger partial charge in [0.2, 0.25) is 0 Å². The first-order valence-electron chi connectivity index (χ1n) is 9.57. The molecule has 5 nitrogen and oxygen atoms in total. The smallest absolute Gasteiger partial charge is 0.262 e. The lowest BCUT2D eigenvalue weighted by Gasteiger charge is -2.25. The number of carbonyl (C=O) groups is 4. The predicted octanol–water partition coefficient (Wildman–Crippen LogP) is 3.56. The van der Waals surface area contributed by atoms with Crippen LogP contribution in [0.3, 0.4) is 0 Å². The molecule has 2 amide bonds. The van der Waals surface area contributed by atoms with Crippen molar-refractivity contribution < 1.29 is 19.2 Å². The summed E-state index contributed by atoms with van der Waals surface area (Å²) in [5, 5.41) is 0. The monoisotopic (exact) mass is 355 g/mol. The largest absolute Gasteiger partial charge is 0.299 e. The molecule has 1 aromatic carbocycles. The van der Waals surface area contributed by atoms with E-state index in [4.69, 9.17) is 0 Å². The molecule has 138 valence electrons. The molecule has 1 saturated carbocycles. The molecule has 2 atom stereocenters. The standard InChI is InChI=1S/C21H25NO4/c1-2-14-12-13-19(24)17(10-4-3-5-11-18(14)23)22-20(25)15-8-6-7-9-16(15)21(22)26/h6-9,14,17H,2-5,10-13H2,1H3. The van der Waals surface area contributed by atoms with Gasteiger partial charge in [0, 0.05) is 18.8 Å². The fraction of sp³-hybridized carbons (Fsp3) is 0.524. The van der Waals surface area contributed by atoms with Gasteiger partial charge in [0.15, 0.2) is 5.78 Å². The Morgan fingerprint density at radius 3 is 2.12 bits per heavy atom. The molecule has 2 aliphatic rings. The second kappa shape index (κ2) is 7.94. The molecule has 0 saturated heterocycles. The third-order valence-electron chi connectivity index (χ3n) is 5.60. The molecule has 0 radical (unpaired) electrons. The van der Waals surface area contributed by atoms with Crippen LogP contribution in [0.15, 0.2) is 24.3 Å². The van der Waals surface area contributed by atoms with E-state index in [2.05, 4.69) is 0 Å². The SMILES string of the molecule is CCC1CCC(=O)C(N2C(=O)c3ccccc3C2=O)CCCCCC1=O. The van der Waals surface area contributed by atoms with Crippen molar-refractivity contribution in [2.75, 3.05) is 0 Å². The topological polar surface area (TPSA) is 71.5 Å². The first-order valence-corrected chi connectivity index (χ1v) is 9.57. The Kier molecular flexibility index (Phi) is 5.64. The van der Waals surface area contributed by atoms with Crippen LogP contribution in [0.4, 0.5) is 0 Å². The fourth-order valence-electron chi connectivity index (χ4n) is 4.02. The number of hydrogen-bond donors (Lipinski definition) is 0. The van der Waals surface area contributed by atoms with E-state index in [-0.39, 0.29) is 35.7 Å². The van der Waals surface area contributed by atoms with Gasteiger partial charge >= 0.3 is 0 Å². The summed E-state index contributed by atoms with van der Waals surface area (Å²) >= 11 is 0. The van der Waals surface area contributed by atoms with Crippen LogP contribution in [0.25, 0.3) is 0 Å². The van der Waals surface area contributed by atoms with Gasteiger partial charge in [-0.3, -0.25) is 24.1 Å². The number of ketones is 2. The highest BCUT2D eigenvalue weighted by atomic mass is 16.2. The van der Waals surface area contributed by atoms with Crippen molar-refractivity contribution >= 4 is 23.4 Å². The number of carbonyl (C=O) groups excluding carboxylic acids is 4. The van der Waals surface area contributed by atoms with Crippen molar-refractivity contribution in [3.63, 3.8) is 0 Å². The summed E-state index contributed by atoms with van der Waals surface area (Å²) in [4.78, 5) is 51.8. The zero-order valence-electron chi connectivity index (χ0n) is 15.2. The van der Waals surface area contributed by atoms with Crippen molar-refractivity contribution in [3.8, 4) is 0 Å².